The van der Waals surface area contributed by atoms with E-state index in [-0.39, 0.29) is 0 Å². The molecule has 2 aromatic carbocycles. The van der Waals surface area contributed by atoms with E-state index in [9.17, 15) is 0 Å². The Bertz CT molecular complexity index is 720. The highest BCUT2D eigenvalue weighted by Gasteiger charge is 2.09. The van der Waals surface area contributed by atoms with Crippen LogP contribution in [0.3, 0.4) is 0 Å². The predicted molar refractivity (Wildman–Crippen MR) is 110 cm³/mol. The Hall–Kier alpha value is -1.79. The first-order chi connectivity index (χ1) is 13.3. The molecule has 27 heavy (non-hydrogen) atoms. The van der Waals surface area contributed by atoms with Crippen LogP contribution in [0.25, 0.3) is 0 Å². The van der Waals surface area contributed by atoms with Gasteiger partial charge in [0.2, 0.25) is 0 Å². The van der Waals surface area contributed by atoms with Crippen LogP contribution in [0.15, 0.2) is 42.5 Å². The molecule has 0 bridgehead atoms. The van der Waals surface area contributed by atoms with Crippen LogP contribution in [-0.4, -0.2) is 51.3 Å². The van der Waals surface area contributed by atoms with Crippen LogP contribution in [0.5, 0.6) is 11.5 Å². The van der Waals surface area contributed by atoms with Gasteiger partial charge in [-0.2, -0.15) is 0 Å². The second-order valence-corrected chi connectivity index (χ2v) is 7.04. The minimum Gasteiger partial charge on any atom is -0.493 e. The highest BCUT2D eigenvalue weighted by molar-refractivity contribution is 6.31. The Labute approximate surface area is 166 Å². The lowest BCUT2D eigenvalue weighted by atomic mass is 10.2. The molecule has 0 amide bonds. The van der Waals surface area contributed by atoms with Gasteiger partial charge in [0.1, 0.15) is 6.61 Å². The van der Waals surface area contributed by atoms with Gasteiger partial charge < -0.3 is 20.1 Å². The maximum absolute atomic E-state index is 6.19. The zero-order valence-electron chi connectivity index (χ0n) is 15.8. The average molecular weight is 390 g/mol. The second-order valence-electron chi connectivity index (χ2n) is 6.63. The molecular formula is C21H28ClN3O2. The van der Waals surface area contributed by atoms with E-state index in [1.54, 1.807) is 7.11 Å². The van der Waals surface area contributed by atoms with Crippen molar-refractivity contribution >= 4 is 11.6 Å². The van der Waals surface area contributed by atoms with Crippen LogP contribution in [0.1, 0.15) is 11.1 Å². The molecule has 6 heteroatoms. The number of methoxy groups -OCH3 is 1. The van der Waals surface area contributed by atoms with Crippen molar-refractivity contribution in [3.05, 3.63) is 58.6 Å². The summed E-state index contributed by atoms with van der Waals surface area (Å²) in [6, 6.07) is 13.8. The maximum atomic E-state index is 6.19. The molecule has 1 heterocycles. The van der Waals surface area contributed by atoms with Crippen molar-refractivity contribution < 1.29 is 9.47 Å². The molecule has 1 aliphatic rings. The summed E-state index contributed by atoms with van der Waals surface area (Å²) in [5.41, 5.74) is 2.14. The minimum atomic E-state index is 0.415. The first-order valence-corrected chi connectivity index (χ1v) is 9.81. The van der Waals surface area contributed by atoms with Gasteiger partial charge >= 0.3 is 0 Å². The third kappa shape index (κ3) is 6.11. The summed E-state index contributed by atoms with van der Waals surface area (Å²) >= 11 is 6.19. The van der Waals surface area contributed by atoms with E-state index in [4.69, 9.17) is 21.1 Å². The quantitative estimate of drug-likeness (QED) is 0.646. The Morgan fingerprint density at radius 3 is 2.70 bits per heavy atom. The van der Waals surface area contributed by atoms with E-state index in [2.05, 4.69) is 21.6 Å². The Morgan fingerprint density at radius 2 is 1.93 bits per heavy atom. The van der Waals surface area contributed by atoms with Crippen LogP contribution in [0.2, 0.25) is 5.02 Å². The molecule has 1 saturated heterocycles. The number of piperazine rings is 1. The highest BCUT2D eigenvalue weighted by Crippen LogP contribution is 2.29. The summed E-state index contributed by atoms with van der Waals surface area (Å²) in [7, 11) is 1.67. The molecule has 1 fully saturated rings. The van der Waals surface area contributed by atoms with Gasteiger partial charge in [-0.1, -0.05) is 35.9 Å². The summed E-state index contributed by atoms with van der Waals surface area (Å²) in [6.07, 6.45) is 0. The van der Waals surface area contributed by atoms with Gasteiger partial charge in [0.25, 0.3) is 0 Å². The van der Waals surface area contributed by atoms with Gasteiger partial charge in [0.05, 0.1) is 7.11 Å². The molecule has 0 radical (unpaired) electrons. The Balaban J connectivity index is 1.48. The van der Waals surface area contributed by atoms with Crippen molar-refractivity contribution in [3.63, 3.8) is 0 Å². The standard InChI is InChI=1S/C21H28ClN3O2/c1-26-21-14-17(15-24-10-13-25-11-8-23-9-12-25)6-7-20(21)27-16-18-4-2-3-5-19(18)22/h2-7,14,23-24H,8-13,15-16H2,1H3. The Kier molecular flexibility index (Phi) is 7.78. The van der Waals surface area contributed by atoms with E-state index < -0.39 is 0 Å². The van der Waals surface area contributed by atoms with Gasteiger partial charge in [-0.15, -0.1) is 0 Å². The molecule has 5 nitrogen and oxygen atoms in total. The van der Waals surface area contributed by atoms with Crippen molar-refractivity contribution in [2.45, 2.75) is 13.2 Å². The van der Waals surface area contributed by atoms with E-state index >= 15 is 0 Å². The number of benzene rings is 2. The van der Waals surface area contributed by atoms with Crippen LogP contribution in [-0.2, 0) is 13.2 Å². The highest BCUT2D eigenvalue weighted by atomic mass is 35.5. The fourth-order valence-corrected chi connectivity index (χ4v) is 3.31. The number of nitrogens with zero attached hydrogens (tertiary/aromatic N) is 1. The van der Waals surface area contributed by atoms with E-state index in [1.807, 2.05) is 36.4 Å². The first kappa shape index (κ1) is 20.0. The van der Waals surface area contributed by atoms with Crippen molar-refractivity contribution in [2.75, 3.05) is 46.4 Å². The van der Waals surface area contributed by atoms with Crippen LogP contribution < -0.4 is 20.1 Å². The number of halogens is 1. The van der Waals surface area contributed by atoms with Crippen LogP contribution >= 0.6 is 11.6 Å². The number of rotatable bonds is 9. The number of hydrogen-bond donors (Lipinski definition) is 2. The summed E-state index contributed by atoms with van der Waals surface area (Å²) < 4.78 is 11.4. The minimum absolute atomic E-state index is 0.415. The zero-order valence-corrected chi connectivity index (χ0v) is 16.6. The Morgan fingerprint density at radius 1 is 1.11 bits per heavy atom. The van der Waals surface area contributed by atoms with E-state index in [1.165, 1.54) is 5.56 Å². The van der Waals surface area contributed by atoms with Crippen LogP contribution in [0.4, 0.5) is 0 Å². The second kappa shape index (κ2) is 10.5. The third-order valence-electron chi connectivity index (χ3n) is 4.71. The van der Waals surface area contributed by atoms with Gasteiger partial charge in [0, 0.05) is 56.4 Å². The SMILES string of the molecule is COc1cc(CNCCN2CCNCC2)ccc1OCc1ccccc1Cl. The summed E-state index contributed by atoms with van der Waals surface area (Å²) in [5, 5.41) is 7.60. The number of ether oxygens (including phenoxy) is 2. The molecule has 0 aliphatic carbocycles. The average Bonchev–Trinajstić information content (AvgIpc) is 2.72. The molecule has 2 aromatic rings. The van der Waals surface area contributed by atoms with Gasteiger partial charge in [-0.05, 0) is 23.8 Å². The molecule has 146 valence electrons. The summed E-state index contributed by atoms with van der Waals surface area (Å²) in [4.78, 5) is 2.48. The van der Waals surface area contributed by atoms with Crippen molar-refractivity contribution in [1.82, 2.24) is 15.5 Å². The van der Waals surface area contributed by atoms with Gasteiger partial charge in [0.15, 0.2) is 11.5 Å². The molecule has 0 unspecified atom stereocenters. The monoisotopic (exact) mass is 389 g/mol. The molecule has 1 aliphatic heterocycles. The van der Waals surface area contributed by atoms with Gasteiger partial charge in [-0.25, -0.2) is 0 Å². The van der Waals surface area contributed by atoms with Crippen molar-refractivity contribution in [1.29, 1.82) is 0 Å². The fraction of sp³-hybridized carbons (Fsp3) is 0.429. The van der Waals surface area contributed by atoms with E-state index in [0.717, 1.165) is 62.9 Å². The number of nitrogens with one attached hydrogen (secondary N) is 2. The first-order valence-electron chi connectivity index (χ1n) is 9.43. The van der Waals surface area contributed by atoms with Crippen molar-refractivity contribution in [3.8, 4) is 11.5 Å². The predicted octanol–water partition coefficient (Wildman–Crippen LogP) is 2.92. The molecule has 2 N–H and O–H groups in total. The van der Waals surface area contributed by atoms with Crippen molar-refractivity contribution in [2.24, 2.45) is 0 Å². The normalized spacial score (nSPS) is 14.9. The van der Waals surface area contributed by atoms with Gasteiger partial charge in [-0.3, -0.25) is 4.90 Å². The molecular weight excluding hydrogens is 362 g/mol. The molecule has 0 aromatic heterocycles. The molecule has 0 saturated carbocycles. The van der Waals surface area contributed by atoms with E-state index in [0.29, 0.717) is 11.6 Å². The summed E-state index contributed by atoms with van der Waals surface area (Å²) in [5.74, 6) is 1.46. The smallest absolute Gasteiger partial charge is 0.161 e. The molecule has 0 spiro atoms. The zero-order chi connectivity index (χ0) is 18.9. The van der Waals surface area contributed by atoms with Crippen LogP contribution in [0, 0.1) is 0 Å². The summed E-state index contributed by atoms with van der Waals surface area (Å²) in [6.45, 7) is 7.73. The molecule has 0 atom stereocenters. The lowest BCUT2D eigenvalue weighted by Gasteiger charge is -2.27. The maximum Gasteiger partial charge on any atom is 0.161 e. The molecule has 3 rings (SSSR count). The lowest BCUT2D eigenvalue weighted by molar-refractivity contribution is 0.241. The third-order valence-corrected chi connectivity index (χ3v) is 5.08. The lowest BCUT2D eigenvalue weighted by Crippen LogP contribution is -2.45. The number of hydrogen-bond acceptors (Lipinski definition) is 5. The largest absolute Gasteiger partial charge is 0.493 e. The fourth-order valence-electron chi connectivity index (χ4n) is 3.12. The topological polar surface area (TPSA) is 45.8 Å².